The SMILES string of the molecule is CCCCCCCCCCCCC1(CCCCCCCCCCCC)CC(=O)OC1=O. The minimum Gasteiger partial charge on any atom is -0.393 e. The fourth-order valence-corrected chi connectivity index (χ4v) is 5.00. The molecule has 1 heterocycles. The first kappa shape index (κ1) is 28.2. The summed E-state index contributed by atoms with van der Waals surface area (Å²) in [4.78, 5) is 24.2. The molecule has 0 saturated carbocycles. The molecular formula is C28H52O3. The molecular weight excluding hydrogens is 384 g/mol. The quantitative estimate of drug-likeness (QED) is 0.0965. The number of hydrogen-bond acceptors (Lipinski definition) is 3. The van der Waals surface area contributed by atoms with E-state index in [-0.39, 0.29) is 11.9 Å². The molecule has 31 heavy (non-hydrogen) atoms. The molecule has 1 fully saturated rings. The van der Waals surface area contributed by atoms with Crippen LogP contribution in [0.3, 0.4) is 0 Å². The zero-order valence-electron chi connectivity index (χ0n) is 21.0. The van der Waals surface area contributed by atoms with Crippen LogP contribution >= 0.6 is 0 Å². The first-order valence-corrected chi connectivity index (χ1v) is 13.9. The van der Waals surface area contributed by atoms with Crippen molar-refractivity contribution in [3.8, 4) is 0 Å². The van der Waals surface area contributed by atoms with Crippen molar-refractivity contribution in [2.45, 2.75) is 162 Å². The Morgan fingerprint density at radius 3 is 1.16 bits per heavy atom. The molecule has 0 atom stereocenters. The second-order valence-corrected chi connectivity index (χ2v) is 10.1. The maximum atomic E-state index is 12.4. The average molecular weight is 437 g/mol. The van der Waals surface area contributed by atoms with Gasteiger partial charge in [0.25, 0.3) is 0 Å². The van der Waals surface area contributed by atoms with Gasteiger partial charge in [0.15, 0.2) is 0 Å². The minimum atomic E-state index is -0.503. The molecule has 0 spiro atoms. The van der Waals surface area contributed by atoms with Gasteiger partial charge in [-0.25, -0.2) is 0 Å². The second-order valence-electron chi connectivity index (χ2n) is 10.1. The van der Waals surface area contributed by atoms with Gasteiger partial charge in [-0.3, -0.25) is 9.59 Å². The molecule has 0 radical (unpaired) electrons. The highest BCUT2D eigenvalue weighted by atomic mass is 16.6. The van der Waals surface area contributed by atoms with Crippen LogP contribution in [-0.2, 0) is 14.3 Å². The Hall–Kier alpha value is -0.860. The summed E-state index contributed by atoms with van der Waals surface area (Å²) in [5.41, 5.74) is -0.503. The van der Waals surface area contributed by atoms with Crippen LogP contribution in [0.1, 0.15) is 162 Å². The van der Waals surface area contributed by atoms with Gasteiger partial charge in [0, 0.05) is 0 Å². The lowest BCUT2D eigenvalue weighted by molar-refractivity contribution is -0.155. The zero-order valence-corrected chi connectivity index (χ0v) is 21.0. The van der Waals surface area contributed by atoms with E-state index < -0.39 is 5.41 Å². The summed E-state index contributed by atoms with van der Waals surface area (Å²) < 4.78 is 4.98. The normalized spacial score (nSPS) is 15.5. The Morgan fingerprint density at radius 1 is 0.548 bits per heavy atom. The highest BCUT2D eigenvalue weighted by Crippen LogP contribution is 2.41. The first-order valence-electron chi connectivity index (χ1n) is 13.9. The number of cyclic esters (lactones) is 2. The van der Waals surface area contributed by atoms with Crippen LogP contribution in [0.4, 0.5) is 0 Å². The predicted molar refractivity (Wildman–Crippen MR) is 131 cm³/mol. The molecule has 0 bridgehead atoms. The van der Waals surface area contributed by atoms with Crippen molar-refractivity contribution in [1.29, 1.82) is 0 Å². The summed E-state index contributed by atoms with van der Waals surface area (Å²) in [5, 5.41) is 0. The standard InChI is InChI=1S/C28H52O3/c1-3-5-7-9-11-13-15-17-19-21-23-28(25-26(29)31-27(28)30)24-22-20-18-16-14-12-10-8-6-4-2/h3-25H2,1-2H3. The third-order valence-corrected chi connectivity index (χ3v) is 7.14. The van der Waals surface area contributed by atoms with E-state index in [1.54, 1.807) is 0 Å². The summed E-state index contributed by atoms with van der Waals surface area (Å²) in [6.45, 7) is 4.52. The van der Waals surface area contributed by atoms with Crippen LogP contribution in [-0.4, -0.2) is 11.9 Å². The van der Waals surface area contributed by atoms with E-state index in [0.717, 1.165) is 25.7 Å². The van der Waals surface area contributed by atoms with E-state index in [2.05, 4.69) is 13.8 Å². The molecule has 1 saturated heterocycles. The fourth-order valence-electron chi connectivity index (χ4n) is 5.00. The number of rotatable bonds is 22. The van der Waals surface area contributed by atoms with Gasteiger partial charge in [-0.05, 0) is 12.8 Å². The van der Waals surface area contributed by atoms with E-state index in [1.165, 1.54) is 116 Å². The van der Waals surface area contributed by atoms with Gasteiger partial charge in [0.2, 0.25) is 0 Å². The van der Waals surface area contributed by atoms with Crippen molar-refractivity contribution in [1.82, 2.24) is 0 Å². The van der Waals surface area contributed by atoms with Crippen LogP contribution in [0, 0.1) is 5.41 Å². The summed E-state index contributed by atoms with van der Waals surface area (Å²) in [6.07, 6.45) is 27.9. The Bertz CT molecular complexity index is 433. The molecule has 0 aromatic rings. The van der Waals surface area contributed by atoms with E-state index in [4.69, 9.17) is 4.74 Å². The molecule has 1 aliphatic rings. The van der Waals surface area contributed by atoms with Gasteiger partial charge >= 0.3 is 11.9 Å². The van der Waals surface area contributed by atoms with Crippen molar-refractivity contribution in [2.75, 3.05) is 0 Å². The third kappa shape index (κ3) is 13.3. The Labute approximate surface area is 193 Å². The maximum absolute atomic E-state index is 12.4. The Kier molecular flexibility index (Phi) is 17.0. The van der Waals surface area contributed by atoms with Crippen LogP contribution in [0.5, 0.6) is 0 Å². The van der Waals surface area contributed by atoms with Crippen LogP contribution < -0.4 is 0 Å². The van der Waals surface area contributed by atoms with Gasteiger partial charge in [-0.1, -0.05) is 142 Å². The summed E-state index contributed by atoms with van der Waals surface area (Å²) in [5.74, 6) is -0.534. The molecule has 0 aromatic carbocycles. The lowest BCUT2D eigenvalue weighted by atomic mass is 9.76. The maximum Gasteiger partial charge on any atom is 0.320 e. The largest absolute Gasteiger partial charge is 0.393 e. The molecule has 1 aliphatic heterocycles. The van der Waals surface area contributed by atoms with Crippen molar-refractivity contribution in [3.63, 3.8) is 0 Å². The molecule has 0 N–H and O–H groups in total. The third-order valence-electron chi connectivity index (χ3n) is 7.14. The van der Waals surface area contributed by atoms with Gasteiger partial charge in [-0.2, -0.15) is 0 Å². The summed E-state index contributed by atoms with van der Waals surface area (Å²) in [7, 11) is 0. The van der Waals surface area contributed by atoms with E-state index in [9.17, 15) is 9.59 Å². The zero-order chi connectivity index (χ0) is 22.6. The Balaban J connectivity index is 2.13. The molecule has 0 unspecified atom stereocenters. The van der Waals surface area contributed by atoms with Crippen molar-refractivity contribution in [2.24, 2.45) is 5.41 Å². The minimum absolute atomic E-state index is 0.232. The first-order chi connectivity index (χ1) is 15.1. The van der Waals surface area contributed by atoms with Crippen LogP contribution in [0.25, 0.3) is 0 Å². The highest BCUT2D eigenvalue weighted by Gasteiger charge is 2.47. The smallest absolute Gasteiger partial charge is 0.320 e. The second kappa shape index (κ2) is 18.7. The monoisotopic (exact) mass is 436 g/mol. The van der Waals surface area contributed by atoms with Gasteiger partial charge in [0.1, 0.15) is 0 Å². The van der Waals surface area contributed by atoms with E-state index in [0.29, 0.717) is 6.42 Å². The molecule has 3 heteroatoms. The number of unbranched alkanes of at least 4 members (excludes halogenated alkanes) is 18. The van der Waals surface area contributed by atoms with Gasteiger partial charge < -0.3 is 4.74 Å². The van der Waals surface area contributed by atoms with Crippen molar-refractivity contribution >= 4 is 11.9 Å². The molecule has 1 rings (SSSR count). The summed E-state index contributed by atoms with van der Waals surface area (Å²) in [6, 6.07) is 0. The van der Waals surface area contributed by atoms with E-state index >= 15 is 0 Å². The van der Waals surface area contributed by atoms with Gasteiger partial charge in [0.05, 0.1) is 11.8 Å². The van der Waals surface area contributed by atoms with Crippen LogP contribution in [0.15, 0.2) is 0 Å². The molecule has 0 amide bonds. The van der Waals surface area contributed by atoms with Crippen molar-refractivity contribution in [3.05, 3.63) is 0 Å². The lowest BCUT2D eigenvalue weighted by Crippen LogP contribution is -2.26. The number of carbonyl (C=O) groups excluding carboxylic acids is 2. The predicted octanol–water partition coefficient (Wildman–Crippen LogP) is 9.07. The highest BCUT2D eigenvalue weighted by molar-refractivity contribution is 5.97. The van der Waals surface area contributed by atoms with Crippen molar-refractivity contribution < 1.29 is 14.3 Å². The Morgan fingerprint density at radius 2 is 0.871 bits per heavy atom. The molecule has 0 aromatic heterocycles. The molecule has 0 aliphatic carbocycles. The lowest BCUT2D eigenvalue weighted by Gasteiger charge is -2.23. The number of ether oxygens (including phenoxy) is 1. The topological polar surface area (TPSA) is 43.4 Å². The molecule has 3 nitrogen and oxygen atoms in total. The van der Waals surface area contributed by atoms with Crippen LogP contribution in [0.2, 0.25) is 0 Å². The average Bonchev–Trinajstić information content (AvgIpc) is 3.04. The number of hydrogen-bond donors (Lipinski definition) is 0. The molecule has 182 valence electrons. The van der Waals surface area contributed by atoms with E-state index in [1.807, 2.05) is 0 Å². The number of esters is 2. The fraction of sp³-hybridized carbons (Fsp3) is 0.929. The van der Waals surface area contributed by atoms with Gasteiger partial charge in [-0.15, -0.1) is 0 Å². The number of carbonyl (C=O) groups is 2. The summed E-state index contributed by atoms with van der Waals surface area (Å²) >= 11 is 0.